The van der Waals surface area contributed by atoms with Gasteiger partial charge in [-0.15, -0.1) is 11.3 Å². The van der Waals surface area contributed by atoms with Crippen molar-refractivity contribution in [1.82, 2.24) is 4.90 Å². The number of thiophene rings is 1. The molecule has 1 aromatic heterocycles. The Labute approximate surface area is 192 Å². The SMILES string of the molecule is CCN(CC)C(=O)c1sc(NC(=O)c2cc(OC)cc(OC)c2)c(C(=O)OC(C)C)c1C. The van der Waals surface area contributed by atoms with E-state index in [0.717, 1.165) is 11.3 Å². The van der Waals surface area contributed by atoms with Gasteiger partial charge in [0.15, 0.2) is 0 Å². The highest BCUT2D eigenvalue weighted by molar-refractivity contribution is 7.18. The van der Waals surface area contributed by atoms with E-state index in [1.807, 2.05) is 13.8 Å². The molecular weight excluding hydrogens is 432 g/mol. The summed E-state index contributed by atoms with van der Waals surface area (Å²) in [6.45, 7) is 10.0. The third-order valence-electron chi connectivity index (χ3n) is 4.78. The Balaban J connectivity index is 2.51. The fourth-order valence-corrected chi connectivity index (χ4v) is 4.25. The fraction of sp³-hybridized carbons (Fsp3) is 0.435. The minimum absolute atomic E-state index is 0.183. The van der Waals surface area contributed by atoms with E-state index in [1.165, 1.54) is 14.2 Å². The molecule has 0 aliphatic rings. The summed E-state index contributed by atoms with van der Waals surface area (Å²) in [7, 11) is 2.98. The summed E-state index contributed by atoms with van der Waals surface area (Å²) >= 11 is 1.07. The highest BCUT2D eigenvalue weighted by Crippen LogP contribution is 2.35. The maximum absolute atomic E-state index is 13.0. The van der Waals surface area contributed by atoms with Crippen LogP contribution in [0.2, 0.25) is 0 Å². The maximum Gasteiger partial charge on any atom is 0.341 e. The van der Waals surface area contributed by atoms with Gasteiger partial charge in [0.05, 0.1) is 30.8 Å². The molecule has 0 bridgehead atoms. The van der Waals surface area contributed by atoms with Gasteiger partial charge in [0.25, 0.3) is 11.8 Å². The number of carbonyl (C=O) groups is 3. The van der Waals surface area contributed by atoms with Crippen LogP contribution in [0.5, 0.6) is 11.5 Å². The second-order valence-electron chi connectivity index (χ2n) is 7.25. The van der Waals surface area contributed by atoms with Gasteiger partial charge in [-0.2, -0.15) is 0 Å². The van der Waals surface area contributed by atoms with Crippen LogP contribution >= 0.6 is 11.3 Å². The number of benzene rings is 1. The number of nitrogens with zero attached hydrogens (tertiary/aromatic N) is 1. The molecule has 174 valence electrons. The first-order valence-corrected chi connectivity index (χ1v) is 11.2. The van der Waals surface area contributed by atoms with Crippen molar-refractivity contribution in [3.8, 4) is 11.5 Å². The van der Waals surface area contributed by atoms with Crippen molar-refractivity contribution in [2.45, 2.75) is 40.7 Å². The molecule has 2 aromatic rings. The number of nitrogens with one attached hydrogen (secondary N) is 1. The van der Waals surface area contributed by atoms with Crippen molar-refractivity contribution < 1.29 is 28.6 Å². The molecule has 0 fully saturated rings. The third kappa shape index (κ3) is 5.59. The number of esters is 1. The summed E-state index contributed by atoms with van der Waals surface area (Å²) < 4.78 is 15.8. The first-order chi connectivity index (χ1) is 15.2. The molecule has 0 radical (unpaired) electrons. The van der Waals surface area contributed by atoms with E-state index in [0.29, 0.717) is 35.0 Å². The van der Waals surface area contributed by atoms with Crippen LogP contribution in [0.15, 0.2) is 18.2 Å². The van der Waals surface area contributed by atoms with Crippen molar-refractivity contribution in [2.75, 3.05) is 32.6 Å². The van der Waals surface area contributed by atoms with Crippen LogP contribution in [0, 0.1) is 6.92 Å². The van der Waals surface area contributed by atoms with Gasteiger partial charge in [-0.25, -0.2) is 4.79 Å². The van der Waals surface area contributed by atoms with Crippen molar-refractivity contribution >= 4 is 34.1 Å². The van der Waals surface area contributed by atoms with Gasteiger partial charge >= 0.3 is 5.97 Å². The lowest BCUT2D eigenvalue weighted by Crippen LogP contribution is -2.30. The predicted octanol–water partition coefficient (Wildman–Crippen LogP) is 4.37. The van der Waals surface area contributed by atoms with Crippen LogP contribution in [-0.4, -0.2) is 56.1 Å². The monoisotopic (exact) mass is 462 g/mol. The quantitative estimate of drug-likeness (QED) is 0.556. The van der Waals surface area contributed by atoms with E-state index < -0.39 is 11.9 Å². The third-order valence-corrected chi connectivity index (χ3v) is 5.97. The molecule has 2 amide bonds. The molecule has 0 spiro atoms. The Kier molecular flexibility index (Phi) is 8.65. The standard InChI is InChI=1S/C23H30N2O6S/c1-8-25(9-2)22(27)19-14(5)18(23(28)31-13(3)4)21(32-19)24-20(26)15-10-16(29-6)12-17(11-15)30-7/h10-13H,8-9H2,1-7H3,(H,24,26). The van der Waals surface area contributed by atoms with E-state index in [9.17, 15) is 14.4 Å². The van der Waals surface area contributed by atoms with E-state index in [-0.39, 0.29) is 28.1 Å². The molecule has 0 saturated heterocycles. The Hall–Kier alpha value is -3.07. The second kappa shape index (κ2) is 11.0. The number of methoxy groups -OCH3 is 2. The summed E-state index contributed by atoms with van der Waals surface area (Å²) in [4.78, 5) is 40.9. The molecule has 0 saturated carbocycles. The molecule has 0 aliphatic carbocycles. The molecule has 2 rings (SSSR count). The number of hydrogen-bond donors (Lipinski definition) is 1. The Bertz CT molecular complexity index is 972. The zero-order valence-electron chi connectivity index (χ0n) is 19.5. The lowest BCUT2D eigenvalue weighted by Gasteiger charge is -2.18. The van der Waals surface area contributed by atoms with Gasteiger partial charge in [-0.1, -0.05) is 0 Å². The van der Waals surface area contributed by atoms with Crippen molar-refractivity contribution in [3.05, 3.63) is 39.8 Å². The normalized spacial score (nSPS) is 10.6. The summed E-state index contributed by atoms with van der Waals surface area (Å²) in [6, 6.07) is 4.77. The molecule has 1 N–H and O–H groups in total. The zero-order chi connectivity index (χ0) is 24.0. The molecule has 32 heavy (non-hydrogen) atoms. The molecule has 8 nitrogen and oxygen atoms in total. The van der Waals surface area contributed by atoms with Crippen LogP contribution in [0.3, 0.4) is 0 Å². The van der Waals surface area contributed by atoms with Gasteiger partial charge in [-0.05, 0) is 52.3 Å². The molecule has 0 unspecified atom stereocenters. The predicted molar refractivity (Wildman–Crippen MR) is 124 cm³/mol. The maximum atomic E-state index is 13.0. The summed E-state index contributed by atoms with van der Waals surface area (Å²) in [5.74, 6) is -0.350. The van der Waals surface area contributed by atoms with Crippen LogP contribution in [0.25, 0.3) is 0 Å². The molecule has 1 aromatic carbocycles. The van der Waals surface area contributed by atoms with Gasteiger partial charge in [0, 0.05) is 24.7 Å². The number of carbonyl (C=O) groups excluding carboxylic acids is 3. The number of anilines is 1. The van der Waals surface area contributed by atoms with Crippen molar-refractivity contribution in [1.29, 1.82) is 0 Å². The lowest BCUT2D eigenvalue weighted by molar-refractivity contribution is 0.0379. The minimum atomic E-state index is -0.592. The summed E-state index contributed by atoms with van der Waals surface area (Å²) in [5, 5.41) is 3.03. The number of ether oxygens (including phenoxy) is 3. The molecular formula is C23H30N2O6S. The first-order valence-electron chi connectivity index (χ1n) is 10.3. The second-order valence-corrected chi connectivity index (χ2v) is 8.27. The summed E-state index contributed by atoms with van der Waals surface area (Å²) in [5.41, 5.74) is 0.950. The Morgan fingerprint density at radius 2 is 1.59 bits per heavy atom. The number of rotatable bonds is 9. The molecule has 1 heterocycles. The highest BCUT2D eigenvalue weighted by atomic mass is 32.1. The van der Waals surface area contributed by atoms with Crippen molar-refractivity contribution in [3.63, 3.8) is 0 Å². The largest absolute Gasteiger partial charge is 0.497 e. The van der Waals surface area contributed by atoms with Gasteiger partial charge in [-0.3, -0.25) is 9.59 Å². The van der Waals surface area contributed by atoms with Crippen LogP contribution < -0.4 is 14.8 Å². The average Bonchev–Trinajstić information content (AvgIpc) is 3.09. The van der Waals surface area contributed by atoms with Gasteiger partial charge in [0.2, 0.25) is 0 Å². The number of hydrogen-bond acceptors (Lipinski definition) is 7. The smallest absolute Gasteiger partial charge is 0.341 e. The fourth-order valence-electron chi connectivity index (χ4n) is 3.09. The molecule has 0 aliphatic heterocycles. The summed E-state index contributed by atoms with van der Waals surface area (Å²) in [6.07, 6.45) is -0.352. The lowest BCUT2D eigenvalue weighted by atomic mass is 10.1. The Morgan fingerprint density at radius 3 is 2.06 bits per heavy atom. The van der Waals surface area contributed by atoms with E-state index >= 15 is 0 Å². The van der Waals surface area contributed by atoms with Crippen molar-refractivity contribution in [2.24, 2.45) is 0 Å². The zero-order valence-corrected chi connectivity index (χ0v) is 20.3. The minimum Gasteiger partial charge on any atom is -0.497 e. The highest BCUT2D eigenvalue weighted by Gasteiger charge is 2.29. The first kappa shape index (κ1) is 25.2. The van der Waals surface area contributed by atoms with E-state index in [1.54, 1.807) is 43.9 Å². The average molecular weight is 463 g/mol. The van der Waals surface area contributed by atoms with Crippen LogP contribution in [0.1, 0.15) is 63.6 Å². The topological polar surface area (TPSA) is 94.2 Å². The molecule has 9 heteroatoms. The van der Waals surface area contributed by atoms with Gasteiger partial charge in [0.1, 0.15) is 16.5 Å². The van der Waals surface area contributed by atoms with Crippen LogP contribution in [0.4, 0.5) is 5.00 Å². The van der Waals surface area contributed by atoms with E-state index in [2.05, 4.69) is 5.32 Å². The van der Waals surface area contributed by atoms with Gasteiger partial charge < -0.3 is 24.4 Å². The van der Waals surface area contributed by atoms with Crippen LogP contribution in [-0.2, 0) is 4.74 Å². The van der Waals surface area contributed by atoms with E-state index in [4.69, 9.17) is 14.2 Å². The molecule has 0 atom stereocenters. The number of amides is 2. The Morgan fingerprint density at radius 1 is 1.03 bits per heavy atom.